The summed E-state index contributed by atoms with van der Waals surface area (Å²) >= 11 is 0. The van der Waals surface area contributed by atoms with Crippen molar-refractivity contribution in [2.45, 2.75) is 4.90 Å². The van der Waals surface area contributed by atoms with Gasteiger partial charge >= 0.3 is 5.69 Å². The number of amides is 1. The fraction of sp³-hybridized carbons (Fsp3) is 0.118. The molecule has 0 saturated carbocycles. The van der Waals surface area contributed by atoms with Crippen molar-refractivity contribution in [2.75, 3.05) is 18.5 Å². The number of hydrogen-bond acceptors (Lipinski definition) is 6. The maximum Gasteiger partial charge on any atom is 0.310 e. The molecule has 10 heteroatoms. The second kappa shape index (κ2) is 8.92. The van der Waals surface area contributed by atoms with Gasteiger partial charge in [0.15, 0.2) is 12.4 Å². The monoisotopic (exact) mass is 391 g/mol. The normalized spacial score (nSPS) is 10.8. The first kappa shape index (κ1) is 20.1. The van der Waals surface area contributed by atoms with E-state index < -0.39 is 27.5 Å². The van der Waals surface area contributed by atoms with Crippen LogP contribution >= 0.6 is 0 Å². The minimum absolute atomic E-state index is 0.0209. The summed E-state index contributed by atoms with van der Waals surface area (Å²) in [7, 11) is -3.65. The molecule has 27 heavy (non-hydrogen) atoms. The number of carbonyl (C=O) groups is 1. The van der Waals surface area contributed by atoms with Crippen LogP contribution in [0.1, 0.15) is 0 Å². The van der Waals surface area contributed by atoms with Crippen molar-refractivity contribution in [3.05, 3.63) is 71.3 Å². The van der Waals surface area contributed by atoms with Crippen LogP contribution in [0.2, 0.25) is 0 Å². The summed E-state index contributed by atoms with van der Waals surface area (Å²) in [5.41, 5.74) is 0.112. The van der Waals surface area contributed by atoms with Gasteiger partial charge in [0.1, 0.15) is 0 Å². The Morgan fingerprint density at radius 3 is 2.48 bits per heavy atom. The van der Waals surface area contributed by atoms with Crippen LogP contribution in [-0.4, -0.2) is 32.4 Å². The number of anilines is 1. The van der Waals surface area contributed by atoms with E-state index >= 15 is 0 Å². The summed E-state index contributed by atoms with van der Waals surface area (Å²) in [6.45, 7) is 3.10. The third kappa shape index (κ3) is 5.62. The van der Waals surface area contributed by atoms with Gasteiger partial charge in [0.25, 0.3) is 5.91 Å². The minimum atomic E-state index is -3.65. The van der Waals surface area contributed by atoms with Gasteiger partial charge in [-0.1, -0.05) is 18.2 Å². The van der Waals surface area contributed by atoms with Crippen molar-refractivity contribution >= 4 is 27.3 Å². The number of hydrogen-bond donors (Lipinski definition) is 2. The quantitative estimate of drug-likeness (QED) is 0.383. The SMILES string of the molecule is C=CCNS(=O)(=O)c1ccc(NC(=O)COc2ccccc2[N+](=O)[O-])cc1. The van der Waals surface area contributed by atoms with Crippen LogP contribution in [0.15, 0.2) is 66.1 Å². The van der Waals surface area contributed by atoms with Gasteiger partial charge in [-0.2, -0.15) is 0 Å². The summed E-state index contributed by atoms with van der Waals surface area (Å²) in [6, 6.07) is 11.2. The van der Waals surface area contributed by atoms with Crippen LogP contribution in [0.25, 0.3) is 0 Å². The Kier molecular flexibility index (Phi) is 6.63. The van der Waals surface area contributed by atoms with Gasteiger partial charge in [-0.15, -0.1) is 6.58 Å². The highest BCUT2D eigenvalue weighted by molar-refractivity contribution is 7.89. The standard InChI is InChI=1S/C17H17N3O6S/c1-2-11-18-27(24,25)14-9-7-13(8-10-14)19-17(21)12-26-16-6-4-3-5-15(16)20(22)23/h2-10,18H,1,11-12H2,(H,19,21). The fourth-order valence-corrected chi connectivity index (χ4v) is 3.04. The van der Waals surface area contributed by atoms with Gasteiger partial charge in [-0.05, 0) is 30.3 Å². The maximum absolute atomic E-state index is 11.9. The van der Waals surface area contributed by atoms with Gasteiger partial charge in [0, 0.05) is 18.3 Å². The van der Waals surface area contributed by atoms with E-state index in [0.29, 0.717) is 5.69 Å². The molecule has 2 N–H and O–H groups in total. The number of nitrogens with zero attached hydrogens (tertiary/aromatic N) is 1. The summed E-state index contributed by atoms with van der Waals surface area (Å²) in [6.07, 6.45) is 1.42. The van der Waals surface area contributed by atoms with Gasteiger partial charge in [0.05, 0.1) is 9.82 Å². The Balaban J connectivity index is 1.97. The molecule has 0 unspecified atom stereocenters. The Hall–Kier alpha value is -3.24. The number of sulfonamides is 1. The number of nitro groups is 1. The molecule has 142 valence electrons. The molecule has 0 aliphatic carbocycles. The summed E-state index contributed by atoms with van der Waals surface area (Å²) < 4.78 is 31.4. The van der Waals surface area contributed by atoms with Crippen molar-refractivity contribution in [1.29, 1.82) is 0 Å². The first-order chi connectivity index (χ1) is 12.8. The zero-order chi connectivity index (χ0) is 19.9. The molecule has 2 aromatic carbocycles. The molecule has 2 aromatic rings. The number of para-hydroxylation sites is 2. The lowest BCUT2D eigenvalue weighted by Gasteiger charge is -2.09. The van der Waals surface area contributed by atoms with E-state index in [-0.39, 0.29) is 22.9 Å². The number of ether oxygens (including phenoxy) is 1. The summed E-state index contributed by atoms with van der Waals surface area (Å²) in [5, 5.41) is 13.4. The van der Waals surface area contributed by atoms with Crippen molar-refractivity contribution in [1.82, 2.24) is 4.72 Å². The molecule has 0 aliphatic heterocycles. The lowest BCUT2D eigenvalue weighted by atomic mass is 10.3. The van der Waals surface area contributed by atoms with E-state index in [9.17, 15) is 23.3 Å². The predicted octanol–water partition coefficient (Wildman–Crippen LogP) is 2.08. The largest absolute Gasteiger partial charge is 0.477 e. The second-order valence-corrected chi connectivity index (χ2v) is 6.99. The number of benzene rings is 2. The summed E-state index contributed by atoms with van der Waals surface area (Å²) in [5.74, 6) is -0.569. The Morgan fingerprint density at radius 2 is 1.85 bits per heavy atom. The van der Waals surface area contributed by atoms with Crippen LogP contribution < -0.4 is 14.8 Å². The van der Waals surface area contributed by atoms with Gasteiger partial charge in [-0.3, -0.25) is 14.9 Å². The van der Waals surface area contributed by atoms with E-state index in [4.69, 9.17) is 4.74 Å². The zero-order valence-corrected chi connectivity index (χ0v) is 14.9. The van der Waals surface area contributed by atoms with Crippen LogP contribution in [0.5, 0.6) is 5.75 Å². The van der Waals surface area contributed by atoms with Crippen molar-refractivity contribution in [3.8, 4) is 5.75 Å². The van der Waals surface area contributed by atoms with Crippen molar-refractivity contribution in [2.24, 2.45) is 0 Å². The molecule has 0 aromatic heterocycles. The third-order valence-corrected chi connectivity index (χ3v) is 4.73. The van der Waals surface area contributed by atoms with Gasteiger partial charge in [-0.25, -0.2) is 13.1 Å². The molecule has 9 nitrogen and oxygen atoms in total. The molecule has 0 heterocycles. The molecule has 0 aliphatic rings. The molecular weight excluding hydrogens is 374 g/mol. The smallest absolute Gasteiger partial charge is 0.310 e. The predicted molar refractivity (Wildman–Crippen MR) is 99.0 cm³/mol. The highest BCUT2D eigenvalue weighted by Gasteiger charge is 2.16. The minimum Gasteiger partial charge on any atom is -0.477 e. The molecule has 2 rings (SSSR count). The number of nitro benzene ring substituents is 1. The van der Waals surface area contributed by atoms with Gasteiger partial charge in [0.2, 0.25) is 10.0 Å². The van der Waals surface area contributed by atoms with Crippen molar-refractivity contribution in [3.63, 3.8) is 0 Å². The first-order valence-corrected chi connectivity index (χ1v) is 9.18. The molecule has 0 saturated heterocycles. The molecular formula is C17H17N3O6S. The first-order valence-electron chi connectivity index (χ1n) is 7.70. The molecule has 0 atom stereocenters. The van der Waals surface area contributed by atoms with Crippen LogP contribution in [-0.2, 0) is 14.8 Å². The summed E-state index contributed by atoms with van der Waals surface area (Å²) in [4.78, 5) is 22.3. The Morgan fingerprint density at radius 1 is 1.19 bits per heavy atom. The number of rotatable bonds is 9. The number of carbonyl (C=O) groups excluding carboxylic acids is 1. The second-order valence-electron chi connectivity index (χ2n) is 5.23. The molecule has 0 fully saturated rings. The highest BCUT2D eigenvalue weighted by Crippen LogP contribution is 2.25. The Bertz CT molecular complexity index is 941. The zero-order valence-electron chi connectivity index (χ0n) is 14.1. The molecule has 1 amide bonds. The average molecular weight is 391 g/mol. The average Bonchev–Trinajstić information content (AvgIpc) is 2.65. The van der Waals surface area contributed by atoms with E-state index in [0.717, 1.165) is 0 Å². The van der Waals surface area contributed by atoms with E-state index in [1.54, 1.807) is 6.07 Å². The van der Waals surface area contributed by atoms with Crippen LogP contribution in [0.3, 0.4) is 0 Å². The van der Waals surface area contributed by atoms with Crippen molar-refractivity contribution < 1.29 is 22.9 Å². The topological polar surface area (TPSA) is 128 Å². The number of nitrogens with one attached hydrogen (secondary N) is 2. The fourth-order valence-electron chi connectivity index (χ4n) is 2.04. The van der Waals surface area contributed by atoms with E-state index in [1.807, 2.05) is 0 Å². The van der Waals surface area contributed by atoms with E-state index in [2.05, 4.69) is 16.6 Å². The lowest BCUT2D eigenvalue weighted by Crippen LogP contribution is -2.23. The van der Waals surface area contributed by atoms with E-state index in [1.165, 1.54) is 48.5 Å². The molecule has 0 spiro atoms. The highest BCUT2D eigenvalue weighted by atomic mass is 32.2. The maximum atomic E-state index is 11.9. The third-order valence-electron chi connectivity index (χ3n) is 3.29. The van der Waals surface area contributed by atoms with Crippen LogP contribution in [0.4, 0.5) is 11.4 Å². The lowest BCUT2D eigenvalue weighted by molar-refractivity contribution is -0.385. The Labute approximate surface area is 155 Å². The van der Waals surface area contributed by atoms with Crippen LogP contribution in [0, 0.1) is 10.1 Å². The molecule has 0 radical (unpaired) electrons. The molecule has 0 bridgehead atoms. The van der Waals surface area contributed by atoms with Gasteiger partial charge < -0.3 is 10.1 Å².